The summed E-state index contributed by atoms with van der Waals surface area (Å²) in [6.07, 6.45) is 0. The normalized spacial score (nSPS) is 15.0. The lowest BCUT2D eigenvalue weighted by Crippen LogP contribution is -2.26. The molecule has 0 bridgehead atoms. The van der Waals surface area contributed by atoms with Crippen LogP contribution in [0, 0.1) is 0 Å². The molecule has 2 aliphatic rings. The Labute approximate surface area is 361 Å². The fraction of sp³-hybridized carbons (Fsp3) is 0.0169. The maximum absolute atomic E-state index is 5.41. The van der Waals surface area contributed by atoms with Crippen molar-refractivity contribution in [2.75, 3.05) is 0 Å². The molecule has 1 atom stereocenters. The summed E-state index contributed by atoms with van der Waals surface area (Å²) in [5.41, 5.74) is 18.6. The van der Waals surface area contributed by atoms with Crippen molar-refractivity contribution in [3.63, 3.8) is 0 Å². The Balaban J connectivity index is 1.01. The van der Waals surface area contributed by atoms with Crippen LogP contribution in [0.25, 0.3) is 110 Å². The van der Waals surface area contributed by atoms with Crippen molar-refractivity contribution in [3.8, 4) is 39.3 Å². The molecule has 3 heterocycles. The molecule has 0 saturated heterocycles. The van der Waals surface area contributed by atoms with Gasteiger partial charge in [0.25, 0.3) is 0 Å². The third-order valence-corrected chi connectivity index (χ3v) is 14.3. The van der Waals surface area contributed by atoms with Crippen molar-refractivity contribution in [2.45, 2.75) is 5.41 Å². The van der Waals surface area contributed by atoms with E-state index in [0.717, 1.165) is 44.6 Å². The minimum absolute atomic E-state index is 0.502. The average Bonchev–Trinajstić information content (AvgIpc) is 4.08. The summed E-state index contributed by atoms with van der Waals surface area (Å²) in [5, 5.41) is 8.61. The van der Waals surface area contributed by atoms with E-state index >= 15 is 0 Å². The highest BCUT2D eigenvalue weighted by atomic mass is 15.2. The lowest BCUT2D eigenvalue weighted by molar-refractivity contribution is 0.802. The SMILES string of the molecule is c1ccc2c(c1)-c1ccc(-c3ccc4c(c3)c3ccccc3n4-c3nc4ccccc4c4nc5ccccc5n34)cc1C21c2ccccc2-c2c1c1ccccc1c1ccccc21. The van der Waals surface area contributed by atoms with Crippen LogP contribution in [-0.2, 0) is 5.41 Å². The van der Waals surface area contributed by atoms with Gasteiger partial charge in [0, 0.05) is 16.2 Å². The van der Waals surface area contributed by atoms with Gasteiger partial charge in [-0.1, -0.05) is 158 Å². The molecule has 0 fully saturated rings. The van der Waals surface area contributed by atoms with Gasteiger partial charge < -0.3 is 0 Å². The molecule has 3 aromatic heterocycles. The minimum Gasteiger partial charge on any atom is -0.279 e. The van der Waals surface area contributed by atoms with Crippen molar-refractivity contribution in [3.05, 3.63) is 229 Å². The van der Waals surface area contributed by atoms with Crippen LogP contribution >= 0.6 is 0 Å². The van der Waals surface area contributed by atoms with Crippen LogP contribution < -0.4 is 0 Å². The van der Waals surface area contributed by atoms with E-state index in [9.17, 15) is 0 Å². The van der Waals surface area contributed by atoms with Crippen LogP contribution in [0.5, 0.6) is 0 Å². The van der Waals surface area contributed by atoms with Gasteiger partial charge in [-0.3, -0.25) is 8.97 Å². The molecule has 4 nitrogen and oxygen atoms in total. The van der Waals surface area contributed by atoms with E-state index in [2.05, 4.69) is 215 Å². The van der Waals surface area contributed by atoms with Crippen LogP contribution in [0.4, 0.5) is 0 Å². The zero-order valence-electron chi connectivity index (χ0n) is 33.9. The summed E-state index contributed by atoms with van der Waals surface area (Å²) in [4.78, 5) is 10.6. The zero-order valence-corrected chi connectivity index (χ0v) is 33.9. The van der Waals surface area contributed by atoms with E-state index in [1.807, 2.05) is 0 Å². The molecule has 0 amide bonds. The third-order valence-electron chi connectivity index (χ3n) is 14.3. The number of nitrogens with zero attached hydrogens (tertiary/aromatic N) is 4. The highest BCUT2D eigenvalue weighted by molar-refractivity contribution is 6.20. The number of aromatic nitrogens is 4. The second-order valence-electron chi connectivity index (χ2n) is 17.2. The van der Waals surface area contributed by atoms with Gasteiger partial charge in [-0.15, -0.1) is 0 Å². The summed E-state index contributed by atoms with van der Waals surface area (Å²) >= 11 is 0. The topological polar surface area (TPSA) is 35.1 Å². The Kier molecular flexibility index (Phi) is 6.32. The van der Waals surface area contributed by atoms with Gasteiger partial charge in [0.2, 0.25) is 5.95 Å². The van der Waals surface area contributed by atoms with Crippen LogP contribution in [0.3, 0.4) is 0 Å². The summed E-state index contributed by atoms with van der Waals surface area (Å²) < 4.78 is 4.57. The monoisotopic (exact) mass is 798 g/mol. The molecule has 15 rings (SSSR count). The van der Waals surface area contributed by atoms with E-state index < -0.39 is 5.41 Å². The highest BCUT2D eigenvalue weighted by Gasteiger charge is 2.53. The average molecular weight is 799 g/mol. The molecular formula is C59H34N4. The Bertz CT molecular complexity index is 4170. The van der Waals surface area contributed by atoms with Gasteiger partial charge in [0.05, 0.1) is 33.0 Å². The van der Waals surface area contributed by atoms with Gasteiger partial charge in [-0.05, 0) is 126 Å². The van der Waals surface area contributed by atoms with Gasteiger partial charge in [0.15, 0.2) is 0 Å². The Morgan fingerprint density at radius 2 is 0.905 bits per heavy atom. The second-order valence-corrected chi connectivity index (χ2v) is 17.2. The number of imidazole rings is 1. The van der Waals surface area contributed by atoms with E-state index in [0.29, 0.717) is 0 Å². The Morgan fingerprint density at radius 1 is 0.349 bits per heavy atom. The van der Waals surface area contributed by atoms with E-state index in [4.69, 9.17) is 9.97 Å². The first kappa shape index (κ1) is 33.4. The number of fused-ring (bicyclic) bond motifs is 23. The molecule has 13 aromatic rings. The lowest BCUT2D eigenvalue weighted by Gasteiger charge is -2.32. The van der Waals surface area contributed by atoms with Crippen LogP contribution in [0.1, 0.15) is 22.3 Å². The van der Waals surface area contributed by atoms with Gasteiger partial charge in [0.1, 0.15) is 5.65 Å². The molecule has 1 unspecified atom stereocenters. The maximum Gasteiger partial charge on any atom is 0.221 e. The Morgan fingerprint density at radius 3 is 1.73 bits per heavy atom. The van der Waals surface area contributed by atoms with Crippen LogP contribution in [-0.4, -0.2) is 18.9 Å². The molecule has 10 aromatic carbocycles. The first-order valence-corrected chi connectivity index (χ1v) is 21.8. The first-order valence-electron chi connectivity index (χ1n) is 21.8. The summed E-state index contributed by atoms with van der Waals surface area (Å²) in [6.45, 7) is 0. The molecule has 4 heteroatoms. The third kappa shape index (κ3) is 4.11. The molecule has 0 saturated carbocycles. The predicted molar refractivity (Wildman–Crippen MR) is 259 cm³/mol. The van der Waals surface area contributed by atoms with E-state index in [1.165, 1.54) is 88.0 Å². The summed E-state index contributed by atoms with van der Waals surface area (Å²) in [7, 11) is 0. The van der Waals surface area contributed by atoms with Crippen LogP contribution in [0.2, 0.25) is 0 Å². The summed E-state index contributed by atoms with van der Waals surface area (Å²) in [6, 6.07) is 76.1. The van der Waals surface area contributed by atoms with Crippen molar-refractivity contribution >= 4 is 70.9 Å². The number of benzene rings is 10. The fourth-order valence-electron chi connectivity index (χ4n) is 11.8. The Hall–Kier alpha value is -8.34. The van der Waals surface area contributed by atoms with E-state index in [-0.39, 0.29) is 0 Å². The van der Waals surface area contributed by atoms with Gasteiger partial charge in [-0.2, -0.15) is 0 Å². The van der Waals surface area contributed by atoms with E-state index in [1.54, 1.807) is 0 Å². The predicted octanol–water partition coefficient (Wildman–Crippen LogP) is 14.4. The van der Waals surface area contributed by atoms with Crippen molar-refractivity contribution in [1.82, 2.24) is 18.9 Å². The summed E-state index contributed by atoms with van der Waals surface area (Å²) in [5.74, 6) is 0.826. The number of hydrogen-bond donors (Lipinski definition) is 0. The molecule has 63 heavy (non-hydrogen) atoms. The van der Waals surface area contributed by atoms with Crippen molar-refractivity contribution < 1.29 is 0 Å². The highest BCUT2D eigenvalue weighted by Crippen LogP contribution is 2.65. The largest absolute Gasteiger partial charge is 0.279 e. The fourth-order valence-corrected chi connectivity index (χ4v) is 11.8. The number of rotatable bonds is 2. The quantitative estimate of drug-likeness (QED) is 0.163. The van der Waals surface area contributed by atoms with Gasteiger partial charge in [-0.25, -0.2) is 9.97 Å². The first-order chi connectivity index (χ1) is 31.3. The van der Waals surface area contributed by atoms with Crippen molar-refractivity contribution in [1.29, 1.82) is 0 Å². The maximum atomic E-state index is 5.41. The van der Waals surface area contributed by atoms with Crippen molar-refractivity contribution in [2.24, 2.45) is 0 Å². The molecule has 0 radical (unpaired) electrons. The number of para-hydroxylation sites is 4. The molecule has 1 spiro atoms. The smallest absolute Gasteiger partial charge is 0.221 e. The molecule has 0 aliphatic heterocycles. The molecule has 2 aliphatic carbocycles. The lowest BCUT2D eigenvalue weighted by atomic mass is 9.69. The zero-order chi connectivity index (χ0) is 41.0. The molecule has 0 N–H and O–H groups in total. The molecular weight excluding hydrogens is 765 g/mol. The second kappa shape index (κ2) is 11.9. The van der Waals surface area contributed by atoms with Crippen LogP contribution in [0.15, 0.2) is 206 Å². The van der Waals surface area contributed by atoms with Gasteiger partial charge >= 0.3 is 0 Å². The number of hydrogen-bond acceptors (Lipinski definition) is 2. The molecule has 290 valence electrons. The minimum atomic E-state index is -0.502. The standard InChI is InChI=1S/C59H34N4/c1-3-19-42-37(15-1)38-16-2-4-20-43(38)56-55(42)44-21-6-10-24-48(44)59(56)47-23-9-5-17-39(47)40-31-29-36(34-49(40)59)35-30-32-53-46(33-35)41-18-8-13-27-52(41)62(53)58-61-50-25-11-7-22-45(50)57-60-51-26-12-14-28-54(51)63(57)58/h1-34H.